The van der Waals surface area contributed by atoms with Crippen molar-refractivity contribution in [2.75, 3.05) is 12.8 Å². The molecule has 2 heterocycles. The third kappa shape index (κ3) is 4.43. The predicted octanol–water partition coefficient (Wildman–Crippen LogP) is 4.71. The van der Waals surface area contributed by atoms with Crippen molar-refractivity contribution < 1.29 is 9.59 Å². The molecule has 0 bridgehead atoms. The zero-order valence-corrected chi connectivity index (χ0v) is 19.4. The van der Waals surface area contributed by atoms with E-state index in [1.54, 1.807) is 18.9 Å². The molecule has 2 aromatic heterocycles. The van der Waals surface area contributed by atoms with Crippen molar-refractivity contribution in [3.63, 3.8) is 0 Å². The van der Waals surface area contributed by atoms with E-state index in [-0.39, 0.29) is 11.7 Å². The Morgan fingerprint density at radius 3 is 2.61 bits per heavy atom. The van der Waals surface area contributed by atoms with E-state index in [0.29, 0.717) is 23.9 Å². The van der Waals surface area contributed by atoms with Crippen LogP contribution in [0.5, 0.6) is 0 Å². The number of nitrogens with one attached hydrogen (secondary N) is 1. The first-order chi connectivity index (χ1) is 16.0. The number of thioether (sulfide) groups is 1. The summed E-state index contributed by atoms with van der Waals surface area (Å²) in [4.78, 5) is 29.2. The molecule has 1 aliphatic rings. The summed E-state index contributed by atoms with van der Waals surface area (Å²) in [5.74, 6) is 1.21. The highest BCUT2D eigenvalue weighted by molar-refractivity contribution is 7.99. The van der Waals surface area contributed by atoms with Gasteiger partial charge >= 0.3 is 0 Å². The number of aromatic amines is 1. The number of benzene rings is 2. The van der Waals surface area contributed by atoms with Crippen LogP contribution in [-0.2, 0) is 11.3 Å². The smallest absolute Gasteiger partial charge is 0.219 e. The summed E-state index contributed by atoms with van der Waals surface area (Å²) in [7, 11) is 1.76. The van der Waals surface area contributed by atoms with E-state index in [2.05, 4.69) is 31.9 Å². The number of fused-ring (bicyclic) bond motifs is 1. The van der Waals surface area contributed by atoms with Gasteiger partial charge in [-0.2, -0.15) is 0 Å². The third-order valence-electron chi connectivity index (χ3n) is 5.97. The Hall–Kier alpha value is -3.39. The van der Waals surface area contributed by atoms with E-state index in [4.69, 9.17) is 0 Å². The Morgan fingerprint density at radius 1 is 1.12 bits per heavy atom. The summed E-state index contributed by atoms with van der Waals surface area (Å²) in [5, 5.41) is 10.8. The number of rotatable bonds is 8. The second-order valence-corrected chi connectivity index (χ2v) is 9.38. The van der Waals surface area contributed by atoms with Crippen LogP contribution in [0.2, 0.25) is 0 Å². The molecule has 0 aliphatic heterocycles. The summed E-state index contributed by atoms with van der Waals surface area (Å²) in [6.07, 6.45) is 4.19. The number of para-hydroxylation sites is 1. The fourth-order valence-electron chi connectivity index (χ4n) is 3.87. The molecule has 0 radical (unpaired) electrons. The average molecular weight is 460 g/mol. The minimum Gasteiger partial charge on any atom is -0.360 e. The Labute approximate surface area is 196 Å². The third-order valence-corrected chi connectivity index (χ3v) is 6.92. The normalized spacial score (nSPS) is 13.4. The lowest BCUT2D eigenvalue weighted by Crippen LogP contribution is -2.22. The summed E-state index contributed by atoms with van der Waals surface area (Å²) in [6.45, 7) is 2.07. The van der Waals surface area contributed by atoms with Crippen LogP contribution in [0.15, 0.2) is 59.9 Å². The standard InChI is InChI=1S/C25H25N5O2S/c1-16(31)29(2)14-17-7-9-18(10-8-17)23(32)15-33-25-28-27-24(30(25)19-11-12-19)21-13-26-22-6-4-3-5-20(21)22/h3-10,13,19,26H,11-12,14-15H2,1-2H3. The zero-order chi connectivity index (χ0) is 22.9. The second kappa shape index (κ2) is 8.86. The SMILES string of the molecule is CC(=O)N(C)Cc1ccc(C(=O)CSc2nnc(-c3c[nH]c4ccccc34)n2C2CC2)cc1. The Morgan fingerprint density at radius 2 is 1.88 bits per heavy atom. The van der Waals surface area contributed by atoms with E-state index in [1.807, 2.05) is 42.6 Å². The molecule has 0 spiro atoms. The van der Waals surface area contributed by atoms with Gasteiger partial charge in [-0.3, -0.25) is 14.2 Å². The van der Waals surface area contributed by atoms with E-state index in [9.17, 15) is 9.59 Å². The number of ketones is 1. The summed E-state index contributed by atoms with van der Waals surface area (Å²) >= 11 is 1.44. The zero-order valence-electron chi connectivity index (χ0n) is 18.6. The first kappa shape index (κ1) is 21.5. The number of amides is 1. The molecule has 1 aliphatic carbocycles. The number of H-pyrrole nitrogens is 1. The van der Waals surface area contributed by atoms with Gasteiger partial charge in [0, 0.05) is 54.8 Å². The molecule has 33 heavy (non-hydrogen) atoms. The molecule has 1 fully saturated rings. The lowest BCUT2D eigenvalue weighted by molar-refractivity contribution is -0.128. The van der Waals surface area contributed by atoms with Crippen molar-refractivity contribution in [2.24, 2.45) is 0 Å². The van der Waals surface area contributed by atoms with Crippen LogP contribution in [0.3, 0.4) is 0 Å². The van der Waals surface area contributed by atoms with Gasteiger partial charge in [-0.05, 0) is 24.5 Å². The molecule has 0 atom stereocenters. The number of nitrogens with zero attached hydrogens (tertiary/aromatic N) is 4. The molecule has 5 rings (SSSR count). The van der Waals surface area contributed by atoms with Crippen molar-refractivity contribution in [3.8, 4) is 11.4 Å². The van der Waals surface area contributed by atoms with E-state index >= 15 is 0 Å². The molecular formula is C25H25N5O2S. The molecule has 7 nitrogen and oxygen atoms in total. The van der Waals surface area contributed by atoms with E-state index in [0.717, 1.165) is 45.9 Å². The fourth-order valence-corrected chi connectivity index (χ4v) is 4.77. The van der Waals surface area contributed by atoms with Gasteiger partial charge in [0.25, 0.3) is 0 Å². The Kier molecular flexibility index (Phi) is 5.76. The van der Waals surface area contributed by atoms with Gasteiger partial charge in [0.2, 0.25) is 5.91 Å². The first-order valence-electron chi connectivity index (χ1n) is 11.0. The largest absolute Gasteiger partial charge is 0.360 e. The van der Waals surface area contributed by atoms with Crippen LogP contribution >= 0.6 is 11.8 Å². The lowest BCUT2D eigenvalue weighted by Gasteiger charge is -2.14. The molecule has 8 heteroatoms. The summed E-state index contributed by atoms with van der Waals surface area (Å²) < 4.78 is 2.19. The number of carbonyl (C=O) groups excluding carboxylic acids is 2. The molecule has 0 unspecified atom stereocenters. The maximum Gasteiger partial charge on any atom is 0.219 e. The van der Waals surface area contributed by atoms with Gasteiger partial charge in [0.15, 0.2) is 16.8 Å². The highest BCUT2D eigenvalue weighted by Gasteiger charge is 2.31. The van der Waals surface area contributed by atoms with Gasteiger partial charge in [-0.1, -0.05) is 54.2 Å². The van der Waals surface area contributed by atoms with Gasteiger partial charge in [-0.15, -0.1) is 10.2 Å². The maximum atomic E-state index is 12.8. The Bertz CT molecular complexity index is 1320. The minimum atomic E-state index is 0.0123. The molecule has 4 aromatic rings. The van der Waals surface area contributed by atoms with Gasteiger partial charge in [0.1, 0.15) is 0 Å². The van der Waals surface area contributed by atoms with Crippen LogP contribution < -0.4 is 0 Å². The van der Waals surface area contributed by atoms with Gasteiger partial charge in [0.05, 0.1) is 5.75 Å². The first-order valence-corrected chi connectivity index (χ1v) is 12.0. The Balaban J connectivity index is 1.31. The number of hydrogen-bond donors (Lipinski definition) is 1. The second-order valence-electron chi connectivity index (χ2n) is 8.44. The lowest BCUT2D eigenvalue weighted by atomic mass is 10.1. The number of Topliss-reactive ketones (excluding diaryl/α,β-unsaturated/α-hetero) is 1. The number of aromatic nitrogens is 4. The monoisotopic (exact) mass is 459 g/mol. The van der Waals surface area contributed by atoms with Crippen molar-refractivity contribution in [1.29, 1.82) is 0 Å². The fraction of sp³-hybridized carbons (Fsp3) is 0.280. The van der Waals surface area contributed by atoms with E-state index in [1.165, 1.54) is 11.8 Å². The van der Waals surface area contributed by atoms with Crippen molar-refractivity contribution in [1.82, 2.24) is 24.6 Å². The minimum absolute atomic E-state index is 0.0123. The number of hydrogen-bond acceptors (Lipinski definition) is 5. The molecule has 1 N–H and O–H groups in total. The van der Waals surface area contributed by atoms with Crippen LogP contribution in [-0.4, -0.2) is 49.1 Å². The van der Waals surface area contributed by atoms with Crippen molar-refractivity contribution >= 4 is 34.4 Å². The number of carbonyl (C=O) groups is 2. The van der Waals surface area contributed by atoms with Gasteiger partial charge in [-0.25, -0.2) is 0 Å². The van der Waals surface area contributed by atoms with Crippen LogP contribution in [0.1, 0.15) is 41.7 Å². The molecule has 0 saturated heterocycles. The maximum absolute atomic E-state index is 12.8. The van der Waals surface area contributed by atoms with Crippen LogP contribution in [0.4, 0.5) is 0 Å². The molecule has 1 amide bonds. The van der Waals surface area contributed by atoms with Crippen LogP contribution in [0, 0.1) is 0 Å². The summed E-state index contributed by atoms with van der Waals surface area (Å²) in [6, 6.07) is 16.0. The van der Waals surface area contributed by atoms with Crippen molar-refractivity contribution in [3.05, 3.63) is 65.9 Å². The van der Waals surface area contributed by atoms with Crippen LogP contribution in [0.25, 0.3) is 22.3 Å². The molecule has 2 aromatic carbocycles. The average Bonchev–Trinajstić information content (AvgIpc) is 3.43. The predicted molar refractivity (Wildman–Crippen MR) is 129 cm³/mol. The topological polar surface area (TPSA) is 83.9 Å². The molecular weight excluding hydrogens is 434 g/mol. The van der Waals surface area contributed by atoms with Crippen molar-refractivity contribution in [2.45, 2.75) is 37.5 Å². The summed E-state index contributed by atoms with van der Waals surface area (Å²) in [5.41, 5.74) is 3.76. The highest BCUT2D eigenvalue weighted by Crippen LogP contribution is 2.42. The molecule has 1 saturated carbocycles. The molecule has 168 valence electrons. The quantitative estimate of drug-likeness (QED) is 0.305. The highest BCUT2D eigenvalue weighted by atomic mass is 32.2. The van der Waals surface area contributed by atoms with E-state index < -0.39 is 0 Å². The van der Waals surface area contributed by atoms with Gasteiger partial charge < -0.3 is 9.88 Å².